The van der Waals surface area contributed by atoms with Gasteiger partial charge in [-0.1, -0.05) is 100 Å². The Kier molecular flexibility index (Phi) is 3.49. The van der Waals surface area contributed by atoms with Gasteiger partial charge in [0.1, 0.15) is 0 Å². The monoisotopic (exact) mass is 478 g/mol. The van der Waals surface area contributed by atoms with Crippen LogP contribution in [0.25, 0.3) is 33.0 Å². The molecular weight excluding hydrogens is 464 g/mol. The minimum atomic E-state index is -0.348. The third kappa shape index (κ3) is 2.11. The van der Waals surface area contributed by atoms with Gasteiger partial charge in [0.25, 0.3) is 0 Å². The van der Waals surface area contributed by atoms with E-state index >= 15 is 0 Å². The lowest BCUT2D eigenvalue weighted by molar-refractivity contribution is 0.794. The molecule has 31 heavy (non-hydrogen) atoms. The Morgan fingerprint density at radius 1 is 0.581 bits per heavy atom. The normalized spacial score (nSPS) is 14.4. The van der Waals surface area contributed by atoms with Gasteiger partial charge in [-0.05, 0) is 79.5 Å². The third-order valence-corrected chi connectivity index (χ3v) is 7.72. The van der Waals surface area contributed by atoms with Gasteiger partial charge >= 0.3 is 0 Å². The first-order valence-electron chi connectivity index (χ1n) is 10.4. The van der Waals surface area contributed by atoms with E-state index < -0.39 is 0 Å². The highest BCUT2D eigenvalue weighted by Crippen LogP contribution is 2.63. The predicted molar refractivity (Wildman–Crippen MR) is 133 cm³/mol. The van der Waals surface area contributed by atoms with Gasteiger partial charge in [-0.25, -0.2) is 0 Å². The van der Waals surface area contributed by atoms with Crippen LogP contribution in [0.15, 0.2) is 102 Å². The second-order valence-corrected chi connectivity index (χ2v) is 9.74. The van der Waals surface area contributed by atoms with Crippen LogP contribution in [-0.4, -0.2) is 0 Å². The van der Waals surface area contributed by atoms with E-state index in [1.54, 1.807) is 0 Å². The van der Waals surface area contributed by atoms with E-state index in [0.717, 1.165) is 9.50 Å². The fourth-order valence-corrected chi connectivity index (χ4v) is 6.43. The minimum absolute atomic E-state index is 0.348. The van der Waals surface area contributed by atoms with Crippen molar-refractivity contribution in [1.82, 2.24) is 0 Å². The summed E-state index contributed by atoms with van der Waals surface area (Å²) < 4.78 is 1.09. The molecule has 2 aliphatic carbocycles. The van der Waals surface area contributed by atoms with Crippen molar-refractivity contribution in [3.05, 3.63) is 129 Å². The van der Waals surface area contributed by atoms with E-state index in [9.17, 15) is 0 Å². The van der Waals surface area contributed by atoms with Crippen LogP contribution in [0.4, 0.5) is 0 Å². The Balaban J connectivity index is 1.75. The second-order valence-electron chi connectivity index (χ2n) is 8.38. The van der Waals surface area contributed by atoms with E-state index in [1.807, 2.05) is 6.07 Å². The van der Waals surface area contributed by atoms with Gasteiger partial charge in [0.2, 0.25) is 0 Å². The molecule has 2 heteroatoms. The largest absolute Gasteiger partial charge is 0.0843 e. The van der Waals surface area contributed by atoms with Crippen LogP contribution < -0.4 is 0 Å². The maximum Gasteiger partial charge on any atom is 0.0726 e. The molecule has 0 fully saturated rings. The van der Waals surface area contributed by atoms with Gasteiger partial charge in [-0.3, -0.25) is 0 Å². The van der Waals surface area contributed by atoms with E-state index in [1.165, 1.54) is 55.3 Å². The molecule has 0 aromatic heterocycles. The summed E-state index contributed by atoms with van der Waals surface area (Å²) in [5.74, 6) is 0. The lowest BCUT2D eigenvalue weighted by Crippen LogP contribution is -2.25. The first kappa shape index (κ1) is 17.8. The first-order valence-corrected chi connectivity index (χ1v) is 11.6. The summed E-state index contributed by atoms with van der Waals surface area (Å²) >= 11 is 10.3. The summed E-state index contributed by atoms with van der Waals surface area (Å²) in [7, 11) is 0. The average molecular weight is 480 g/mol. The maximum atomic E-state index is 6.62. The van der Waals surface area contributed by atoms with Crippen LogP contribution in [0.1, 0.15) is 22.3 Å². The van der Waals surface area contributed by atoms with Crippen LogP contribution in [0.5, 0.6) is 0 Å². The molecule has 7 rings (SSSR count). The Morgan fingerprint density at radius 3 is 2.00 bits per heavy atom. The minimum Gasteiger partial charge on any atom is -0.0843 e. The van der Waals surface area contributed by atoms with Crippen LogP contribution >= 0.6 is 27.5 Å². The maximum absolute atomic E-state index is 6.62. The van der Waals surface area contributed by atoms with Crippen molar-refractivity contribution in [3.63, 3.8) is 0 Å². The molecule has 0 atom stereocenters. The Bertz CT molecular complexity index is 1520. The van der Waals surface area contributed by atoms with Crippen molar-refractivity contribution in [3.8, 4) is 22.3 Å². The molecule has 0 heterocycles. The number of hydrogen-bond acceptors (Lipinski definition) is 0. The predicted octanol–water partition coefficient (Wildman–Crippen LogP) is 8.60. The highest BCUT2D eigenvalue weighted by atomic mass is 79.9. The Labute approximate surface area is 194 Å². The smallest absolute Gasteiger partial charge is 0.0726 e. The SMILES string of the molecule is Clc1ccc2c(c1)C1(c3ccccc3-c3ccccc31)c1ccc3ccc(Br)cc3c1-2. The van der Waals surface area contributed by atoms with E-state index in [0.29, 0.717) is 0 Å². The molecule has 0 radical (unpaired) electrons. The molecular formula is C29H16BrCl. The number of rotatable bonds is 0. The molecule has 1 spiro atoms. The van der Waals surface area contributed by atoms with Gasteiger partial charge in [0, 0.05) is 9.50 Å². The molecule has 0 aliphatic heterocycles. The zero-order valence-electron chi connectivity index (χ0n) is 16.5. The molecule has 2 aliphatic rings. The first-order chi connectivity index (χ1) is 15.2. The second kappa shape index (κ2) is 6.09. The fourth-order valence-electron chi connectivity index (χ4n) is 5.90. The van der Waals surface area contributed by atoms with E-state index in [2.05, 4.69) is 107 Å². The van der Waals surface area contributed by atoms with Crippen molar-refractivity contribution in [2.45, 2.75) is 5.41 Å². The summed E-state index contributed by atoms with van der Waals surface area (Å²) in [4.78, 5) is 0. The van der Waals surface area contributed by atoms with Gasteiger partial charge in [0.05, 0.1) is 5.41 Å². The number of benzene rings is 5. The van der Waals surface area contributed by atoms with Crippen LogP contribution in [0.3, 0.4) is 0 Å². The summed E-state index contributed by atoms with van der Waals surface area (Å²) in [6, 6.07) is 35.2. The topological polar surface area (TPSA) is 0 Å². The summed E-state index contributed by atoms with van der Waals surface area (Å²) in [5.41, 5.74) is 10.2. The molecule has 0 saturated carbocycles. The van der Waals surface area contributed by atoms with Gasteiger partial charge in [-0.15, -0.1) is 0 Å². The number of halogens is 2. The molecule has 0 bridgehead atoms. The van der Waals surface area contributed by atoms with Crippen LogP contribution in [0, 0.1) is 0 Å². The van der Waals surface area contributed by atoms with Gasteiger partial charge < -0.3 is 0 Å². The number of fused-ring (bicyclic) bond motifs is 12. The Hall–Kier alpha value is -2.87. The molecule has 5 aromatic rings. The van der Waals surface area contributed by atoms with Crippen LogP contribution in [0.2, 0.25) is 5.02 Å². The molecule has 0 amide bonds. The van der Waals surface area contributed by atoms with Crippen LogP contribution in [-0.2, 0) is 5.41 Å². The molecule has 5 aromatic carbocycles. The standard InChI is InChI=1S/C29H16BrCl/c30-18-11-9-17-10-14-26-28(23(17)15-18)22-13-12-19(31)16-27(22)29(26)24-7-3-1-5-20(24)21-6-2-4-8-25(21)29/h1-16H. The number of hydrogen-bond donors (Lipinski definition) is 0. The third-order valence-electron chi connectivity index (χ3n) is 6.99. The molecule has 0 unspecified atom stereocenters. The van der Waals surface area contributed by atoms with E-state index in [-0.39, 0.29) is 5.41 Å². The van der Waals surface area contributed by atoms with Crippen molar-refractivity contribution >= 4 is 38.3 Å². The molecule has 0 N–H and O–H groups in total. The summed E-state index contributed by atoms with van der Waals surface area (Å²) in [6.07, 6.45) is 0. The molecule has 146 valence electrons. The lowest BCUT2D eigenvalue weighted by atomic mass is 9.70. The quantitative estimate of drug-likeness (QED) is 0.204. The lowest BCUT2D eigenvalue weighted by Gasteiger charge is -2.30. The average Bonchev–Trinajstić information content (AvgIpc) is 3.26. The van der Waals surface area contributed by atoms with Gasteiger partial charge in [-0.2, -0.15) is 0 Å². The zero-order chi connectivity index (χ0) is 20.7. The van der Waals surface area contributed by atoms with Crippen molar-refractivity contribution < 1.29 is 0 Å². The summed E-state index contributed by atoms with van der Waals surface area (Å²) in [5, 5.41) is 3.30. The van der Waals surface area contributed by atoms with Crippen molar-refractivity contribution in [2.75, 3.05) is 0 Å². The van der Waals surface area contributed by atoms with Crippen molar-refractivity contribution in [1.29, 1.82) is 0 Å². The van der Waals surface area contributed by atoms with Gasteiger partial charge in [0.15, 0.2) is 0 Å². The summed E-state index contributed by atoms with van der Waals surface area (Å²) in [6.45, 7) is 0. The highest BCUT2D eigenvalue weighted by Gasteiger charge is 2.51. The zero-order valence-corrected chi connectivity index (χ0v) is 18.8. The molecule has 0 saturated heterocycles. The Morgan fingerprint density at radius 2 is 1.26 bits per heavy atom. The van der Waals surface area contributed by atoms with E-state index in [4.69, 9.17) is 11.6 Å². The van der Waals surface area contributed by atoms with Crippen molar-refractivity contribution in [2.24, 2.45) is 0 Å². The highest BCUT2D eigenvalue weighted by molar-refractivity contribution is 9.10. The molecule has 0 nitrogen and oxygen atoms in total. The fraction of sp³-hybridized carbons (Fsp3) is 0.0345.